The van der Waals surface area contributed by atoms with Crippen molar-refractivity contribution >= 4 is 5.91 Å². The standard InChI is InChI=1S/C15H26N4O/c1-4-12-9-13(5-2)19(18-12)10-15(14(16)20,17-6-3)11-7-8-11/h9,11,17H,4-8,10H2,1-3H3,(H2,16,20). The average molecular weight is 278 g/mol. The Morgan fingerprint density at radius 1 is 1.45 bits per heavy atom. The van der Waals surface area contributed by atoms with E-state index in [0.29, 0.717) is 12.5 Å². The van der Waals surface area contributed by atoms with Crippen molar-refractivity contribution in [1.29, 1.82) is 0 Å². The largest absolute Gasteiger partial charge is 0.368 e. The molecule has 1 amide bonds. The fraction of sp³-hybridized carbons (Fsp3) is 0.733. The van der Waals surface area contributed by atoms with E-state index in [-0.39, 0.29) is 5.91 Å². The first-order valence-electron chi connectivity index (χ1n) is 7.67. The van der Waals surface area contributed by atoms with Gasteiger partial charge in [-0.3, -0.25) is 9.48 Å². The number of likely N-dealkylation sites (N-methyl/N-ethyl adjacent to an activating group) is 1. The zero-order valence-electron chi connectivity index (χ0n) is 12.8. The van der Waals surface area contributed by atoms with E-state index < -0.39 is 5.54 Å². The van der Waals surface area contributed by atoms with Gasteiger partial charge in [0.25, 0.3) is 0 Å². The topological polar surface area (TPSA) is 72.9 Å². The second kappa shape index (κ2) is 5.95. The normalized spacial score (nSPS) is 17.9. The molecule has 1 saturated carbocycles. The minimum Gasteiger partial charge on any atom is -0.368 e. The molecule has 1 aliphatic rings. The van der Waals surface area contributed by atoms with Gasteiger partial charge in [0.05, 0.1) is 12.2 Å². The van der Waals surface area contributed by atoms with Crippen LogP contribution in [0.5, 0.6) is 0 Å². The molecule has 0 radical (unpaired) electrons. The summed E-state index contributed by atoms with van der Waals surface area (Å²) in [4.78, 5) is 12.1. The van der Waals surface area contributed by atoms with E-state index in [9.17, 15) is 4.79 Å². The van der Waals surface area contributed by atoms with Crippen molar-refractivity contribution in [3.05, 3.63) is 17.5 Å². The lowest BCUT2D eigenvalue weighted by molar-refractivity contribution is -0.126. The van der Waals surface area contributed by atoms with Crippen LogP contribution in [0.15, 0.2) is 6.07 Å². The molecule has 1 fully saturated rings. The molecule has 1 unspecified atom stereocenters. The van der Waals surface area contributed by atoms with Crippen LogP contribution in [0.25, 0.3) is 0 Å². The van der Waals surface area contributed by atoms with Gasteiger partial charge in [-0.1, -0.05) is 20.8 Å². The summed E-state index contributed by atoms with van der Waals surface area (Å²) in [6.07, 6.45) is 3.96. The maximum atomic E-state index is 12.1. The molecule has 5 nitrogen and oxygen atoms in total. The summed E-state index contributed by atoms with van der Waals surface area (Å²) in [5.74, 6) is 0.0939. The van der Waals surface area contributed by atoms with Crippen molar-refractivity contribution in [2.45, 2.75) is 58.5 Å². The van der Waals surface area contributed by atoms with E-state index in [4.69, 9.17) is 5.73 Å². The van der Waals surface area contributed by atoms with E-state index in [0.717, 1.165) is 37.9 Å². The molecule has 20 heavy (non-hydrogen) atoms. The van der Waals surface area contributed by atoms with Crippen molar-refractivity contribution in [3.8, 4) is 0 Å². The average Bonchev–Trinajstić information content (AvgIpc) is 3.20. The predicted molar refractivity (Wildman–Crippen MR) is 79.3 cm³/mol. The van der Waals surface area contributed by atoms with Gasteiger partial charge in [-0.05, 0) is 44.2 Å². The molecular weight excluding hydrogens is 252 g/mol. The third kappa shape index (κ3) is 2.73. The fourth-order valence-corrected chi connectivity index (χ4v) is 2.93. The van der Waals surface area contributed by atoms with Gasteiger partial charge in [0.2, 0.25) is 5.91 Å². The highest BCUT2D eigenvalue weighted by molar-refractivity contribution is 5.85. The Morgan fingerprint density at radius 2 is 2.15 bits per heavy atom. The predicted octanol–water partition coefficient (Wildman–Crippen LogP) is 1.25. The highest BCUT2D eigenvalue weighted by Gasteiger charge is 2.50. The molecule has 5 heteroatoms. The molecule has 2 rings (SSSR count). The van der Waals surface area contributed by atoms with Crippen LogP contribution in [0.2, 0.25) is 0 Å². The number of carbonyl (C=O) groups is 1. The molecule has 0 aromatic carbocycles. The molecule has 112 valence electrons. The van der Waals surface area contributed by atoms with E-state index in [1.807, 2.05) is 11.6 Å². The molecule has 1 aromatic heterocycles. The summed E-state index contributed by atoms with van der Waals surface area (Å²) in [5.41, 5.74) is 7.34. The van der Waals surface area contributed by atoms with Crippen LogP contribution in [0, 0.1) is 5.92 Å². The molecule has 0 spiro atoms. The van der Waals surface area contributed by atoms with Gasteiger partial charge in [0.1, 0.15) is 5.54 Å². The van der Waals surface area contributed by atoms with E-state index in [2.05, 4.69) is 30.3 Å². The maximum Gasteiger partial charge on any atom is 0.239 e. The van der Waals surface area contributed by atoms with E-state index >= 15 is 0 Å². The number of nitrogens with zero attached hydrogens (tertiary/aromatic N) is 2. The van der Waals surface area contributed by atoms with Gasteiger partial charge in [-0.15, -0.1) is 0 Å². The number of primary amides is 1. The van der Waals surface area contributed by atoms with Crippen molar-refractivity contribution in [2.24, 2.45) is 11.7 Å². The second-order valence-corrected chi connectivity index (χ2v) is 5.63. The molecule has 0 aliphatic heterocycles. The number of hydrogen-bond donors (Lipinski definition) is 2. The molecule has 3 N–H and O–H groups in total. The van der Waals surface area contributed by atoms with Crippen molar-refractivity contribution in [3.63, 3.8) is 0 Å². The van der Waals surface area contributed by atoms with Gasteiger partial charge < -0.3 is 11.1 Å². The Labute approximate surface area is 120 Å². The third-order valence-corrected chi connectivity index (χ3v) is 4.24. The lowest BCUT2D eigenvalue weighted by atomic mass is 9.92. The summed E-state index contributed by atoms with van der Waals surface area (Å²) >= 11 is 0. The van der Waals surface area contributed by atoms with Crippen LogP contribution in [0.1, 0.15) is 45.0 Å². The Balaban J connectivity index is 2.31. The summed E-state index contributed by atoms with van der Waals surface area (Å²) < 4.78 is 1.98. The minimum atomic E-state index is -0.643. The summed E-state index contributed by atoms with van der Waals surface area (Å²) in [5, 5.41) is 7.98. The van der Waals surface area contributed by atoms with Crippen molar-refractivity contribution in [2.75, 3.05) is 6.54 Å². The highest BCUT2D eigenvalue weighted by Crippen LogP contribution is 2.40. The van der Waals surface area contributed by atoms with Crippen molar-refractivity contribution < 1.29 is 4.79 Å². The quantitative estimate of drug-likeness (QED) is 0.751. The first kappa shape index (κ1) is 15.0. The number of amides is 1. The lowest BCUT2D eigenvalue weighted by Crippen LogP contribution is -2.60. The van der Waals surface area contributed by atoms with Gasteiger partial charge in [0.15, 0.2) is 0 Å². The Kier molecular flexibility index (Phi) is 4.48. The van der Waals surface area contributed by atoms with Crippen LogP contribution in [0.4, 0.5) is 0 Å². The van der Waals surface area contributed by atoms with E-state index in [1.165, 1.54) is 5.69 Å². The molecule has 1 heterocycles. The molecule has 0 bridgehead atoms. The molecule has 1 aliphatic carbocycles. The highest BCUT2D eigenvalue weighted by atomic mass is 16.1. The number of nitrogens with two attached hydrogens (primary N) is 1. The van der Waals surface area contributed by atoms with E-state index in [1.54, 1.807) is 0 Å². The fourth-order valence-electron chi connectivity index (χ4n) is 2.93. The van der Waals surface area contributed by atoms with Gasteiger partial charge in [-0.25, -0.2) is 0 Å². The maximum absolute atomic E-state index is 12.1. The Hall–Kier alpha value is -1.36. The van der Waals surface area contributed by atoms with Crippen LogP contribution in [0.3, 0.4) is 0 Å². The monoisotopic (exact) mass is 278 g/mol. The van der Waals surface area contributed by atoms with Gasteiger partial charge in [0, 0.05) is 5.69 Å². The van der Waals surface area contributed by atoms with Gasteiger partial charge in [-0.2, -0.15) is 5.10 Å². The zero-order valence-corrected chi connectivity index (χ0v) is 12.8. The van der Waals surface area contributed by atoms with Crippen LogP contribution in [-0.4, -0.2) is 27.8 Å². The summed E-state index contributed by atoms with van der Waals surface area (Å²) in [6.45, 7) is 7.51. The molecule has 1 aromatic rings. The van der Waals surface area contributed by atoms with Crippen LogP contribution >= 0.6 is 0 Å². The number of hydrogen-bond acceptors (Lipinski definition) is 3. The van der Waals surface area contributed by atoms with Gasteiger partial charge >= 0.3 is 0 Å². The SMILES string of the molecule is CCNC(Cn1nc(CC)cc1CC)(C(N)=O)C1CC1. The Morgan fingerprint density at radius 3 is 2.60 bits per heavy atom. The molecular formula is C15H26N4O. The smallest absolute Gasteiger partial charge is 0.239 e. The van der Waals surface area contributed by atoms with Crippen molar-refractivity contribution in [1.82, 2.24) is 15.1 Å². The molecule has 0 saturated heterocycles. The number of aryl methyl sites for hydroxylation is 2. The lowest BCUT2D eigenvalue weighted by Gasteiger charge is -2.32. The molecule has 1 atom stereocenters. The first-order chi connectivity index (χ1) is 9.57. The summed E-state index contributed by atoms with van der Waals surface area (Å²) in [6, 6.07) is 2.13. The number of carbonyl (C=O) groups excluding carboxylic acids is 1. The van der Waals surface area contributed by atoms with Crippen LogP contribution < -0.4 is 11.1 Å². The second-order valence-electron chi connectivity index (χ2n) is 5.63. The number of rotatable bonds is 8. The minimum absolute atomic E-state index is 0.252. The Bertz CT molecular complexity index is 478. The third-order valence-electron chi connectivity index (χ3n) is 4.24. The zero-order chi connectivity index (χ0) is 14.8. The first-order valence-corrected chi connectivity index (χ1v) is 7.67. The number of aromatic nitrogens is 2. The number of nitrogens with one attached hydrogen (secondary N) is 1. The summed E-state index contributed by atoms with van der Waals surface area (Å²) in [7, 11) is 0. The van der Waals surface area contributed by atoms with Crippen LogP contribution in [-0.2, 0) is 24.2 Å².